The van der Waals surface area contributed by atoms with Gasteiger partial charge in [0.15, 0.2) is 0 Å². The number of ether oxygens (including phenoxy) is 1. The van der Waals surface area contributed by atoms with Crippen LogP contribution in [0.15, 0.2) is 0 Å². The molecule has 0 bridgehead atoms. The normalized spacial score (nSPS) is 12.2. The Kier molecular flexibility index (Phi) is 5.40. The molecule has 0 aromatic rings. The first-order chi connectivity index (χ1) is 5.57. The van der Waals surface area contributed by atoms with Crippen LogP contribution >= 0.6 is 11.6 Å². The van der Waals surface area contributed by atoms with E-state index in [-0.39, 0.29) is 18.9 Å². The van der Waals surface area contributed by atoms with Crippen molar-refractivity contribution in [1.82, 2.24) is 0 Å². The number of nitrogens with two attached hydrogens (primary N) is 1. The van der Waals surface area contributed by atoms with Crippen molar-refractivity contribution in [2.75, 3.05) is 12.5 Å². The van der Waals surface area contributed by atoms with Crippen molar-refractivity contribution in [3.8, 4) is 0 Å². The number of carbonyl (C=O) groups is 2. The van der Waals surface area contributed by atoms with Gasteiger partial charge in [-0.3, -0.25) is 9.59 Å². The predicted molar refractivity (Wildman–Crippen MR) is 41.9 cm³/mol. The largest absolute Gasteiger partial charge is 0.480 e. The number of rotatable bonds is 5. The van der Waals surface area contributed by atoms with Crippen LogP contribution in [0, 0.1) is 0 Å². The molecule has 6 heteroatoms. The number of hydrogen-bond acceptors (Lipinski definition) is 4. The summed E-state index contributed by atoms with van der Waals surface area (Å²) < 4.78 is 4.50. The van der Waals surface area contributed by atoms with Crippen molar-refractivity contribution in [2.24, 2.45) is 5.73 Å². The summed E-state index contributed by atoms with van der Waals surface area (Å²) in [6.45, 7) is 0.0761. The highest BCUT2D eigenvalue weighted by Crippen LogP contribution is 1.92. The topological polar surface area (TPSA) is 89.6 Å². The summed E-state index contributed by atoms with van der Waals surface area (Å²) in [5.41, 5.74) is 5.06. The van der Waals surface area contributed by atoms with Gasteiger partial charge in [-0.2, -0.15) is 0 Å². The van der Waals surface area contributed by atoms with Crippen molar-refractivity contribution in [3.05, 3.63) is 0 Å². The maximum atomic E-state index is 10.7. The Morgan fingerprint density at radius 2 is 2.17 bits per heavy atom. The van der Waals surface area contributed by atoms with E-state index in [2.05, 4.69) is 4.74 Å². The Balaban J connectivity index is 3.61. The molecule has 70 valence electrons. The van der Waals surface area contributed by atoms with Crippen LogP contribution in [0.2, 0.25) is 0 Å². The van der Waals surface area contributed by atoms with E-state index in [1.54, 1.807) is 0 Å². The Bertz CT molecular complexity index is 173. The Morgan fingerprint density at radius 3 is 2.58 bits per heavy atom. The van der Waals surface area contributed by atoms with E-state index in [0.717, 1.165) is 0 Å². The lowest BCUT2D eigenvalue weighted by Crippen LogP contribution is -2.33. The highest BCUT2D eigenvalue weighted by atomic mass is 35.5. The second-order valence-electron chi connectivity index (χ2n) is 2.06. The molecule has 0 radical (unpaired) electrons. The SMILES string of the molecule is N[C@@H](CC(=O)OCCCl)C(=O)O. The summed E-state index contributed by atoms with van der Waals surface area (Å²) in [5, 5.41) is 8.30. The van der Waals surface area contributed by atoms with Crippen LogP contribution in [0.4, 0.5) is 0 Å². The van der Waals surface area contributed by atoms with Crippen LogP contribution in [0.1, 0.15) is 6.42 Å². The number of hydrogen-bond donors (Lipinski definition) is 2. The molecule has 0 aliphatic heterocycles. The van der Waals surface area contributed by atoms with Crippen molar-refractivity contribution in [2.45, 2.75) is 12.5 Å². The van der Waals surface area contributed by atoms with Gasteiger partial charge in [-0.1, -0.05) is 0 Å². The van der Waals surface area contributed by atoms with E-state index < -0.39 is 18.0 Å². The van der Waals surface area contributed by atoms with Crippen molar-refractivity contribution in [1.29, 1.82) is 0 Å². The van der Waals surface area contributed by atoms with Gasteiger partial charge < -0.3 is 15.6 Å². The van der Waals surface area contributed by atoms with Gasteiger partial charge in [0.2, 0.25) is 0 Å². The molecule has 3 N–H and O–H groups in total. The molecule has 0 aliphatic carbocycles. The summed E-state index contributed by atoms with van der Waals surface area (Å²) in [7, 11) is 0. The van der Waals surface area contributed by atoms with Crippen LogP contribution in [0.5, 0.6) is 0 Å². The molecule has 1 atom stereocenters. The molecule has 0 aliphatic rings. The summed E-state index contributed by atoms with van der Waals surface area (Å²) in [6.07, 6.45) is -0.327. The molecule has 0 aromatic carbocycles. The van der Waals surface area contributed by atoms with Crippen molar-refractivity contribution < 1.29 is 19.4 Å². The first kappa shape index (κ1) is 11.2. The molecule has 0 heterocycles. The van der Waals surface area contributed by atoms with E-state index in [1.165, 1.54) is 0 Å². The molecular formula is C6H10ClNO4. The zero-order chi connectivity index (χ0) is 9.56. The second kappa shape index (κ2) is 5.79. The molecule has 0 unspecified atom stereocenters. The lowest BCUT2D eigenvalue weighted by atomic mass is 10.2. The summed E-state index contributed by atoms with van der Waals surface area (Å²) >= 11 is 5.22. The monoisotopic (exact) mass is 195 g/mol. The van der Waals surface area contributed by atoms with Crippen LogP contribution < -0.4 is 5.73 Å². The zero-order valence-electron chi connectivity index (χ0n) is 6.33. The summed E-state index contributed by atoms with van der Waals surface area (Å²) in [4.78, 5) is 20.8. The lowest BCUT2D eigenvalue weighted by Gasteiger charge is -2.05. The molecule has 0 saturated heterocycles. The van der Waals surface area contributed by atoms with Gasteiger partial charge >= 0.3 is 11.9 Å². The Morgan fingerprint density at radius 1 is 1.58 bits per heavy atom. The number of alkyl halides is 1. The second-order valence-corrected chi connectivity index (χ2v) is 2.44. The van der Waals surface area contributed by atoms with Crippen molar-refractivity contribution >= 4 is 23.5 Å². The highest BCUT2D eigenvalue weighted by molar-refractivity contribution is 6.18. The number of carboxylic acid groups (broad SMARTS) is 1. The van der Waals surface area contributed by atoms with Crippen LogP contribution in [-0.2, 0) is 14.3 Å². The average Bonchev–Trinajstić information content (AvgIpc) is 2.00. The fourth-order valence-electron chi connectivity index (χ4n) is 0.478. The van der Waals surface area contributed by atoms with E-state index in [1.807, 2.05) is 0 Å². The van der Waals surface area contributed by atoms with Gasteiger partial charge in [-0.25, -0.2) is 0 Å². The van der Waals surface area contributed by atoms with E-state index in [0.29, 0.717) is 0 Å². The third-order valence-electron chi connectivity index (χ3n) is 1.04. The summed E-state index contributed by atoms with van der Waals surface area (Å²) in [6, 6.07) is -1.20. The Hall–Kier alpha value is -0.810. The van der Waals surface area contributed by atoms with Gasteiger partial charge in [-0.05, 0) is 0 Å². The zero-order valence-corrected chi connectivity index (χ0v) is 7.08. The van der Waals surface area contributed by atoms with Gasteiger partial charge in [0.25, 0.3) is 0 Å². The first-order valence-corrected chi connectivity index (χ1v) is 3.81. The molecule has 0 rings (SSSR count). The maximum absolute atomic E-state index is 10.7. The molecule has 0 aromatic heterocycles. The minimum absolute atomic E-state index is 0.0761. The molecular weight excluding hydrogens is 186 g/mol. The van der Waals surface area contributed by atoms with E-state index >= 15 is 0 Å². The van der Waals surface area contributed by atoms with Gasteiger partial charge in [0, 0.05) is 0 Å². The average molecular weight is 196 g/mol. The maximum Gasteiger partial charge on any atom is 0.321 e. The van der Waals surface area contributed by atoms with Crippen LogP contribution in [0.25, 0.3) is 0 Å². The van der Waals surface area contributed by atoms with Gasteiger partial charge in [0.1, 0.15) is 12.6 Å². The van der Waals surface area contributed by atoms with E-state index in [4.69, 9.17) is 22.4 Å². The quantitative estimate of drug-likeness (QED) is 0.459. The van der Waals surface area contributed by atoms with Crippen LogP contribution in [-0.4, -0.2) is 35.6 Å². The molecule has 5 nitrogen and oxygen atoms in total. The Labute approximate surface area is 74.4 Å². The molecule has 0 spiro atoms. The van der Waals surface area contributed by atoms with Crippen molar-refractivity contribution in [3.63, 3.8) is 0 Å². The minimum atomic E-state index is -1.22. The molecule has 0 amide bonds. The van der Waals surface area contributed by atoms with Gasteiger partial charge in [-0.15, -0.1) is 11.6 Å². The number of halogens is 1. The highest BCUT2D eigenvalue weighted by Gasteiger charge is 2.16. The fourth-order valence-corrected chi connectivity index (χ4v) is 0.555. The number of carbonyl (C=O) groups excluding carboxylic acids is 1. The summed E-state index contributed by atoms with van der Waals surface area (Å²) in [5.74, 6) is -1.68. The number of esters is 1. The molecule has 0 saturated carbocycles. The number of aliphatic carboxylic acids is 1. The van der Waals surface area contributed by atoms with E-state index in [9.17, 15) is 9.59 Å². The standard InChI is InChI=1S/C6H10ClNO4/c7-1-2-12-5(9)3-4(8)6(10)11/h4H,1-3,8H2,(H,10,11)/t4-/m0/s1. The minimum Gasteiger partial charge on any atom is -0.480 e. The van der Waals surface area contributed by atoms with Crippen LogP contribution in [0.3, 0.4) is 0 Å². The smallest absolute Gasteiger partial charge is 0.321 e. The molecule has 12 heavy (non-hydrogen) atoms. The number of carboxylic acids is 1. The molecule has 0 fully saturated rings. The lowest BCUT2D eigenvalue weighted by molar-refractivity contribution is -0.148. The first-order valence-electron chi connectivity index (χ1n) is 3.28. The third kappa shape index (κ3) is 4.92. The fraction of sp³-hybridized carbons (Fsp3) is 0.667. The predicted octanol–water partition coefficient (Wildman–Crippen LogP) is -0.430. The third-order valence-corrected chi connectivity index (χ3v) is 1.20. The van der Waals surface area contributed by atoms with Gasteiger partial charge in [0.05, 0.1) is 12.3 Å².